The topological polar surface area (TPSA) is 28.7 Å². The zero-order valence-corrected chi connectivity index (χ0v) is 8.10. The predicted molar refractivity (Wildman–Crippen MR) is 48.8 cm³/mol. The Kier molecular flexibility index (Phi) is 4.59. The summed E-state index contributed by atoms with van der Waals surface area (Å²) in [4.78, 5) is 0. The van der Waals surface area contributed by atoms with Gasteiger partial charge in [-0.3, -0.25) is 5.10 Å². The highest BCUT2D eigenvalue weighted by Crippen LogP contribution is 2.13. The maximum atomic E-state index is 3.92. The van der Waals surface area contributed by atoms with Crippen LogP contribution in [0.25, 0.3) is 0 Å². The molecule has 2 nitrogen and oxygen atoms in total. The largest absolute Gasteiger partial charge is 0.282 e. The second kappa shape index (κ2) is 4.94. The van der Waals surface area contributed by atoms with Crippen LogP contribution >= 0.6 is 0 Å². The lowest BCUT2D eigenvalue weighted by atomic mass is 10.1. The monoisotopic (exact) mass is 154 g/mol. The Morgan fingerprint density at radius 2 is 1.91 bits per heavy atom. The molecule has 1 aromatic heterocycles. The average molecular weight is 154 g/mol. The summed E-state index contributed by atoms with van der Waals surface area (Å²) in [5.74, 6) is 0.562. The first-order valence-electron chi connectivity index (χ1n) is 4.21. The minimum atomic E-state index is 0.562. The molecule has 0 unspecified atom stereocenters. The van der Waals surface area contributed by atoms with Crippen LogP contribution in [0.5, 0.6) is 0 Å². The van der Waals surface area contributed by atoms with Crippen molar-refractivity contribution in [3.63, 3.8) is 0 Å². The highest BCUT2D eigenvalue weighted by Gasteiger charge is 2.02. The smallest absolute Gasteiger partial charge is 0.0519 e. The van der Waals surface area contributed by atoms with Crippen LogP contribution in [0, 0.1) is 6.92 Å². The third-order valence-corrected chi connectivity index (χ3v) is 1.45. The van der Waals surface area contributed by atoms with Crippen molar-refractivity contribution in [1.82, 2.24) is 10.2 Å². The molecule has 0 fully saturated rings. The van der Waals surface area contributed by atoms with E-state index in [1.54, 1.807) is 0 Å². The summed E-state index contributed by atoms with van der Waals surface area (Å²) in [5.41, 5.74) is 2.50. The van der Waals surface area contributed by atoms with Gasteiger partial charge in [-0.15, -0.1) is 0 Å². The number of nitrogens with one attached hydrogen (secondary N) is 1. The fourth-order valence-corrected chi connectivity index (χ4v) is 0.941. The van der Waals surface area contributed by atoms with Gasteiger partial charge in [-0.2, -0.15) is 5.10 Å². The number of aromatic amines is 1. The highest BCUT2D eigenvalue weighted by molar-refractivity contribution is 5.16. The Bertz CT molecular complexity index is 189. The van der Waals surface area contributed by atoms with Gasteiger partial charge in [0.1, 0.15) is 0 Å². The summed E-state index contributed by atoms with van der Waals surface area (Å²) in [7, 11) is 0. The summed E-state index contributed by atoms with van der Waals surface area (Å²) in [5, 5.41) is 6.87. The van der Waals surface area contributed by atoms with Crippen molar-refractivity contribution >= 4 is 0 Å². The molecule has 0 saturated heterocycles. The molecule has 1 heterocycles. The van der Waals surface area contributed by atoms with E-state index in [2.05, 4.69) is 31.0 Å². The van der Waals surface area contributed by atoms with Crippen LogP contribution < -0.4 is 0 Å². The van der Waals surface area contributed by atoms with Crippen LogP contribution in [0.15, 0.2) is 6.20 Å². The van der Waals surface area contributed by atoms with E-state index >= 15 is 0 Å². The molecular weight excluding hydrogens is 136 g/mol. The van der Waals surface area contributed by atoms with Crippen molar-refractivity contribution < 1.29 is 0 Å². The molecule has 0 aliphatic rings. The summed E-state index contributed by atoms with van der Waals surface area (Å²) in [6.45, 7) is 10.4. The molecule has 0 saturated carbocycles. The summed E-state index contributed by atoms with van der Waals surface area (Å²) in [6.07, 6.45) is 1.86. The SMILES string of the molecule is CC.Cc1cn[nH]c1C(C)C. The number of hydrogen-bond donors (Lipinski definition) is 1. The molecule has 1 N–H and O–H groups in total. The second-order valence-electron chi connectivity index (χ2n) is 2.62. The van der Waals surface area contributed by atoms with Gasteiger partial charge in [0.25, 0.3) is 0 Å². The molecule has 0 amide bonds. The summed E-state index contributed by atoms with van der Waals surface area (Å²) < 4.78 is 0. The Morgan fingerprint density at radius 3 is 2.09 bits per heavy atom. The highest BCUT2D eigenvalue weighted by atomic mass is 15.1. The number of H-pyrrole nitrogens is 1. The van der Waals surface area contributed by atoms with Crippen LogP contribution in [-0.2, 0) is 0 Å². The number of aryl methyl sites for hydroxylation is 1. The summed E-state index contributed by atoms with van der Waals surface area (Å²) >= 11 is 0. The first-order valence-corrected chi connectivity index (χ1v) is 4.21. The molecule has 0 spiro atoms. The molecule has 1 aromatic rings. The van der Waals surface area contributed by atoms with Gasteiger partial charge in [-0.1, -0.05) is 27.7 Å². The maximum Gasteiger partial charge on any atom is 0.0519 e. The number of hydrogen-bond acceptors (Lipinski definition) is 1. The number of aromatic nitrogens is 2. The van der Waals surface area contributed by atoms with Gasteiger partial charge in [0.15, 0.2) is 0 Å². The van der Waals surface area contributed by atoms with E-state index in [4.69, 9.17) is 0 Å². The number of nitrogens with zero attached hydrogens (tertiary/aromatic N) is 1. The maximum absolute atomic E-state index is 3.92. The van der Waals surface area contributed by atoms with Gasteiger partial charge in [-0.25, -0.2) is 0 Å². The van der Waals surface area contributed by atoms with E-state index < -0.39 is 0 Å². The van der Waals surface area contributed by atoms with Gasteiger partial charge in [0.2, 0.25) is 0 Å². The standard InChI is InChI=1S/C7H12N2.C2H6/c1-5(2)7-6(3)4-8-9-7;1-2/h4-5H,1-3H3,(H,8,9);1-2H3. The van der Waals surface area contributed by atoms with Crippen molar-refractivity contribution in [2.45, 2.75) is 40.5 Å². The number of rotatable bonds is 1. The lowest BCUT2D eigenvalue weighted by Gasteiger charge is -1.99. The van der Waals surface area contributed by atoms with Gasteiger partial charge in [0, 0.05) is 5.69 Å². The first kappa shape index (κ1) is 10.2. The predicted octanol–water partition coefficient (Wildman–Crippen LogP) is 2.87. The van der Waals surface area contributed by atoms with Crippen molar-refractivity contribution in [2.75, 3.05) is 0 Å². The van der Waals surface area contributed by atoms with E-state index in [1.807, 2.05) is 20.0 Å². The molecule has 0 aromatic carbocycles. The van der Waals surface area contributed by atoms with Gasteiger partial charge < -0.3 is 0 Å². The molecule has 2 heteroatoms. The fourth-order valence-electron chi connectivity index (χ4n) is 0.941. The molecule has 64 valence electrons. The van der Waals surface area contributed by atoms with Crippen molar-refractivity contribution in [1.29, 1.82) is 0 Å². The van der Waals surface area contributed by atoms with Gasteiger partial charge >= 0.3 is 0 Å². The average Bonchev–Trinajstić information content (AvgIpc) is 2.39. The minimum absolute atomic E-state index is 0.562. The lowest BCUT2D eigenvalue weighted by Crippen LogP contribution is -1.89. The third kappa shape index (κ3) is 2.74. The zero-order chi connectivity index (χ0) is 8.85. The first-order chi connectivity index (χ1) is 5.22. The van der Waals surface area contributed by atoms with Gasteiger partial charge in [0.05, 0.1) is 6.20 Å². The van der Waals surface area contributed by atoms with E-state index in [-0.39, 0.29) is 0 Å². The summed E-state index contributed by atoms with van der Waals surface area (Å²) in [6, 6.07) is 0. The Labute approximate surface area is 69.0 Å². The van der Waals surface area contributed by atoms with Crippen molar-refractivity contribution in [2.24, 2.45) is 0 Å². The van der Waals surface area contributed by atoms with E-state index in [1.165, 1.54) is 11.3 Å². The normalized spacial score (nSPS) is 9.27. The van der Waals surface area contributed by atoms with Crippen LogP contribution in [-0.4, -0.2) is 10.2 Å². The van der Waals surface area contributed by atoms with E-state index in [0.29, 0.717) is 5.92 Å². The Balaban J connectivity index is 0.000000461. The fraction of sp³-hybridized carbons (Fsp3) is 0.667. The molecular formula is C9H18N2. The van der Waals surface area contributed by atoms with Crippen LogP contribution in [0.2, 0.25) is 0 Å². The Morgan fingerprint density at radius 1 is 1.36 bits per heavy atom. The minimum Gasteiger partial charge on any atom is -0.282 e. The molecule has 0 aliphatic heterocycles. The molecule has 0 atom stereocenters. The van der Waals surface area contributed by atoms with E-state index in [0.717, 1.165) is 0 Å². The Hall–Kier alpha value is -0.790. The lowest BCUT2D eigenvalue weighted by molar-refractivity contribution is 0.804. The van der Waals surface area contributed by atoms with Crippen LogP contribution in [0.4, 0.5) is 0 Å². The quantitative estimate of drug-likeness (QED) is 0.662. The molecule has 11 heavy (non-hydrogen) atoms. The second-order valence-corrected chi connectivity index (χ2v) is 2.62. The van der Waals surface area contributed by atoms with Crippen LogP contribution in [0.3, 0.4) is 0 Å². The van der Waals surface area contributed by atoms with Gasteiger partial charge in [-0.05, 0) is 18.4 Å². The molecule has 0 aliphatic carbocycles. The third-order valence-electron chi connectivity index (χ3n) is 1.45. The molecule has 0 radical (unpaired) electrons. The van der Waals surface area contributed by atoms with E-state index in [9.17, 15) is 0 Å². The zero-order valence-electron chi connectivity index (χ0n) is 8.10. The van der Waals surface area contributed by atoms with Crippen molar-refractivity contribution in [3.8, 4) is 0 Å². The van der Waals surface area contributed by atoms with Crippen molar-refractivity contribution in [3.05, 3.63) is 17.5 Å². The molecule has 1 rings (SSSR count). The van der Waals surface area contributed by atoms with Crippen LogP contribution in [0.1, 0.15) is 44.9 Å². The molecule has 0 bridgehead atoms.